The molecule has 0 spiro atoms. The molecule has 0 saturated heterocycles. The van der Waals surface area contributed by atoms with Crippen molar-refractivity contribution in [1.82, 2.24) is 24.6 Å². The summed E-state index contributed by atoms with van der Waals surface area (Å²) in [4.78, 5) is 13.3. The fraction of sp³-hybridized carbons (Fsp3) is 0.300. The minimum Gasteiger partial charge on any atom is -0.353 e. The zero-order chi connectivity index (χ0) is 17.3. The number of nitrogens with one attached hydrogen (secondary N) is 1. The van der Waals surface area contributed by atoms with Gasteiger partial charge in [-0.2, -0.15) is 0 Å². The molecule has 5 rings (SSSR count). The van der Waals surface area contributed by atoms with E-state index < -0.39 is 0 Å². The second kappa shape index (κ2) is 6.37. The van der Waals surface area contributed by atoms with Crippen molar-refractivity contribution in [2.75, 3.05) is 11.9 Å². The van der Waals surface area contributed by atoms with Crippen LogP contribution in [-0.2, 0) is 0 Å². The molecule has 6 heteroatoms. The molecule has 0 atom stereocenters. The van der Waals surface area contributed by atoms with Crippen LogP contribution in [-0.4, -0.2) is 31.1 Å². The van der Waals surface area contributed by atoms with Crippen LogP contribution in [0.4, 0.5) is 5.95 Å². The topological polar surface area (TPSA) is 68.0 Å². The van der Waals surface area contributed by atoms with Gasteiger partial charge in [-0.05, 0) is 43.0 Å². The average molecular weight is 344 g/mol. The van der Waals surface area contributed by atoms with Gasteiger partial charge in [-0.1, -0.05) is 12.8 Å². The van der Waals surface area contributed by atoms with E-state index in [1.54, 1.807) is 6.20 Å². The Labute approximate surface area is 151 Å². The lowest BCUT2D eigenvalue weighted by atomic mass is 10.1. The fourth-order valence-electron chi connectivity index (χ4n) is 3.79. The number of hydrogen-bond acceptors (Lipinski definition) is 5. The van der Waals surface area contributed by atoms with E-state index in [9.17, 15) is 0 Å². The molecule has 0 amide bonds. The molecule has 1 aliphatic rings. The SMILES string of the molecule is c1cnc2ncc(-c3ccn4nc(NCC5CCCC5)ncc34)cc2c1. The lowest BCUT2D eigenvalue weighted by Gasteiger charge is -2.10. The van der Waals surface area contributed by atoms with Crippen molar-refractivity contribution in [1.29, 1.82) is 0 Å². The van der Waals surface area contributed by atoms with Crippen molar-refractivity contribution < 1.29 is 0 Å². The van der Waals surface area contributed by atoms with Crippen molar-refractivity contribution in [2.45, 2.75) is 25.7 Å². The molecule has 26 heavy (non-hydrogen) atoms. The largest absolute Gasteiger partial charge is 0.353 e. The van der Waals surface area contributed by atoms with E-state index in [0.29, 0.717) is 5.95 Å². The van der Waals surface area contributed by atoms with E-state index in [2.05, 4.69) is 37.5 Å². The Morgan fingerprint density at radius 3 is 2.92 bits per heavy atom. The molecule has 0 aromatic carbocycles. The van der Waals surface area contributed by atoms with Crippen LogP contribution in [0.3, 0.4) is 0 Å². The van der Waals surface area contributed by atoms with Gasteiger partial charge in [0.2, 0.25) is 5.95 Å². The Morgan fingerprint density at radius 1 is 1.08 bits per heavy atom. The Morgan fingerprint density at radius 2 is 2.00 bits per heavy atom. The quantitative estimate of drug-likeness (QED) is 0.607. The monoisotopic (exact) mass is 344 g/mol. The van der Waals surface area contributed by atoms with Crippen molar-refractivity contribution >= 4 is 22.5 Å². The summed E-state index contributed by atoms with van der Waals surface area (Å²) >= 11 is 0. The third-order valence-corrected chi connectivity index (χ3v) is 5.21. The first-order valence-electron chi connectivity index (χ1n) is 9.16. The summed E-state index contributed by atoms with van der Waals surface area (Å²) in [6, 6.07) is 8.12. The predicted octanol–water partition coefficient (Wildman–Crippen LogP) is 3.94. The van der Waals surface area contributed by atoms with Gasteiger partial charge in [-0.3, -0.25) is 0 Å². The van der Waals surface area contributed by atoms with Crippen LogP contribution in [0, 0.1) is 5.92 Å². The number of fused-ring (bicyclic) bond motifs is 2. The molecule has 4 heterocycles. The Balaban J connectivity index is 1.44. The molecule has 1 N–H and O–H groups in total. The average Bonchev–Trinajstić information content (AvgIpc) is 3.35. The van der Waals surface area contributed by atoms with Crippen LogP contribution >= 0.6 is 0 Å². The highest BCUT2D eigenvalue weighted by molar-refractivity contribution is 5.86. The summed E-state index contributed by atoms with van der Waals surface area (Å²) in [6.07, 6.45) is 12.8. The Bertz CT molecular complexity index is 1060. The molecule has 0 radical (unpaired) electrons. The maximum atomic E-state index is 4.61. The van der Waals surface area contributed by atoms with Gasteiger partial charge in [0.1, 0.15) is 0 Å². The molecule has 0 unspecified atom stereocenters. The molecule has 4 aromatic heterocycles. The van der Waals surface area contributed by atoms with Crippen LogP contribution in [0.2, 0.25) is 0 Å². The number of hydrogen-bond donors (Lipinski definition) is 1. The molecule has 130 valence electrons. The van der Waals surface area contributed by atoms with E-state index in [0.717, 1.165) is 40.1 Å². The van der Waals surface area contributed by atoms with Gasteiger partial charge in [-0.25, -0.2) is 19.5 Å². The maximum absolute atomic E-state index is 4.61. The number of aromatic nitrogens is 5. The van der Waals surface area contributed by atoms with Crippen molar-refractivity contribution in [3.63, 3.8) is 0 Å². The highest BCUT2D eigenvalue weighted by Gasteiger charge is 2.15. The first-order chi connectivity index (χ1) is 12.9. The predicted molar refractivity (Wildman–Crippen MR) is 102 cm³/mol. The van der Waals surface area contributed by atoms with E-state index >= 15 is 0 Å². The fourth-order valence-corrected chi connectivity index (χ4v) is 3.79. The van der Waals surface area contributed by atoms with Gasteiger partial charge in [0, 0.05) is 41.6 Å². The first kappa shape index (κ1) is 15.3. The van der Waals surface area contributed by atoms with E-state index in [1.807, 2.05) is 35.2 Å². The maximum Gasteiger partial charge on any atom is 0.241 e. The summed E-state index contributed by atoms with van der Waals surface area (Å²) in [5.74, 6) is 1.44. The van der Waals surface area contributed by atoms with Gasteiger partial charge >= 0.3 is 0 Å². The van der Waals surface area contributed by atoms with Gasteiger partial charge < -0.3 is 5.32 Å². The molecule has 0 aliphatic heterocycles. The van der Waals surface area contributed by atoms with E-state index in [1.165, 1.54) is 25.7 Å². The van der Waals surface area contributed by atoms with Crippen molar-refractivity contribution in [2.24, 2.45) is 5.92 Å². The van der Waals surface area contributed by atoms with Gasteiger partial charge in [0.15, 0.2) is 5.65 Å². The number of rotatable bonds is 4. The van der Waals surface area contributed by atoms with Crippen LogP contribution in [0.5, 0.6) is 0 Å². The summed E-state index contributed by atoms with van der Waals surface area (Å²) in [6.45, 7) is 0.960. The minimum absolute atomic E-state index is 0.687. The number of pyridine rings is 2. The van der Waals surface area contributed by atoms with Crippen molar-refractivity contribution in [3.05, 3.63) is 49.1 Å². The van der Waals surface area contributed by atoms with Crippen LogP contribution in [0.25, 0.3) is 27.7 Å². The summed E-state index contributed by atoms with van der Waals surface area (Å²) in [5.41, 5.74) is 3.85. The summed E-state index contributed by atoms with van der Waals surface area (Å²) in [7, 11) is 0. The van der Waals surface area contributed by atoms with Gasteiger partial charge in [0.25, 0.3) is 0 Å². The number of nitrogens with zero attached hydrogens (tertiary/aromatic N) is 5. The van der Waals surface area contributed by atoms with E-state index in [-0.39, 0.29) is 0 Å². The zero-order valence-corrected chi connectivity index (χ0v) is 14.5. The first-order valence-corrected chi connectivity index (χ1v) is 9.16. The van der Waals surface area contributed by atoms with Gasteiger partial charge in [0.05, 0.1) is 11.7 Å². The second-order valence-corrected chi connectivity index (χ2v) is 6.95. The molecular formula is C20H20N6. The summed E-state index contributed by atoms with van der Waals surface area (Å²) < 4.78 is 1.88. The molecular weight excluding hydrogens is 324 g/mol. The second-order valence-electron chi connectivity index (χ2n) is 6.95. The molecule has 1 fully saturated rings. The highest BCUT2D eigenvalue weighted by Crippen LogP contribution is 2.27. The minimum atomic E-state index is 0.687. The van der Waals surface area contributed by atoms with Crippen molar-refractivity contribution in [3.8, 4) is 11.1 Å². The smallest absolute Gasteiger partial charge is 0.241 e. The zero-order valence-electron chi connectivity index (χ0n) is 14.5. The highest BCUT2D eigenvalue weighted by atomic mass is 15.3. The molecule has 0 bridgehead atoms. The Kier molecular flexibility index (Phi) is 3.74. The van der Waals surface area contributed by atoms with Crippen LogP contribution < -0.4 is 5.32 Å². The van der Waals surface area contributed by atoms with Crippen LogP contribution in [0.1, 0.15) is 25.7 Å². The molecule has 1 saturated carbocycles. The lowest BCUT2D eigenvalue weighted by molar-refractivity contribution is 0.576. The Hall–Kier alpha value is -3.02. The summed E-state index contributed by atoms with van der Waals surface area (Å²) in [5, 5.41) is 9.02. The third kappa shape index (κ3) is 2.77. The standard InChI is InChI=1S/C20H20N6/c1-2-5-14(4-1)11-23-20-24-13-18-17(7-9-26(18)25-20)16-10-15-6-3-8-21-19(15)22-12-16/h3,6-10,12-14H,1-2,4-5,11H2,(H,23,25). The number of anilines is 1. The molecule has 1 aliphatic carbocycles. The molecule has 4 aromatic rings. The van der Waals surface area contributed by atoms with Gasteiger partial charge in [-0.15, -0.1) is 5.10 Å². The molecule has 6 nitrogen and oxygen atoms in total. The lowest BCUT2D eigenvalue weighted by Crippen LogP contribution is -2.13. The van der Waals surface area contributed by atoms with E-state index in [4.69, 9.17) is 0 Å². The third-order valence-electron chi connectivity index (χ3n) is 5.21. The normalized spacial score (nSPS) is 15.1. The van der Waals surface area contributed by atoms with Crippen LogP contribution in [0.15, 0.2) is 49.1 Å².